The minimum Gasteiger partial charge on any atom is -0.508 e. The summed E-state index contributed by atoms with van der Waals surface area (Å²) in [5, 5.41) is 14.3. The number of aryl methyl sites for hydroxylation is 2. The summed E-state index contributed by atoms with van der Waals surface area (Å²) in [6.07, 6.45) is 0. The Labute approximate surface area is 110 Å². The molecule has 18 heavy (non-hydrogen) atoms. The van der Waals surface area contributed by atoms with Crippen LogP contribution in [0.15, 0.2) is 29.4 Å². The molecule has 2 N–H and O–H groups in total. The minimum atomic E-state index is 0.255. The van der Waals surface area contributed by atoms with E-state index in [9.17, 15) is 5.11 Å². The van der Waals surface area contributed by atoms with Gasteiger partial charge in [-0.1, -0.05) is 0 Å². The van der Waals surface area contributed by atoms with Crippen molar-refractivity contribution in [2.75, 3.05) is 5.43 Å². The smallest absolute Gasteiger partial charge is 0.203 e. The summed E-state index contributed by atoms with van der Waals surface area (Å²) in [6, 6.07) is 6.94. The molecule has 0 aliphatic heterocycles. The number of rotatable bonds is 3. The first-order chi connectivity index (χ1) is 8.56. The van der Waals surface area contributed by atoms with Gasteiger partial charge in [0.2, 0.25) is 5.13 Å². The van der Waals surface area contributed by atoms with Crippen LogP contribution in [0.1, 0.15) is 23.1 Å². The van der Waals surface area contributed by atoms with Crippen LogP contribution in [0.5, 0.6) is 5.75 Å². The molecule has 0 saturated heterocycles. The lowest BCUT2D eigenvalue weighted by Gasteiger charge is -2.01. The summed E-state index contributed by atoms with van der Waals surface area (Å²) >= 11 is 1.58. The van der Waals surface area contributed by atoms with E-state index in [-0.39, 0.29) is 5.75 Å². The highest BCUT2D eigenvalue weighted by Gasteiger charge is 2.02. The van der Waals surface area contributed by atoms with E-state index in [1.54, 1.807) is 23.5 Å². The van der Waals surface area contributed by atoms with Crippen LogP contribution in [-0.4, -0.2) is 15.8 Å². The molecule has 1 aromatic heterocycles. The number of aromatic nitrogens is 1. The van der Waals surface area contributed by atoms with Crippen LogP contribution in [0.3, 0.4) is 0 Å². The Morgan fingerprint density at radius 2 is 1.94 bits per heavy atom. The predicted molar refractivity (Wildman–Crippen MR) is 75.5 cm³/mol. The minimum absolute atomic E-state index is 0.255. The Bertz CT molecular complexity index is 553. The molecule has 0 amide bonds. The predicted octanol–water partition coefficient (Wildman–Crippen LogP) is 3.30. The third-order valence-corrected chi connectivity index (χ3v) is 3.61. The second-order valence-electron chi connectivity index (χ2n) is 4.02. The summed E-state index contributed by atoms with van der Waals surface area (Å²) in [6.45, 7) is 5.93. The summed E-state index contributed by atoms with van der Waals surface area (Å²) in [5.74, 6) is 0.255. The first kappa shape index (κ1) is 12.6. The summed E-state index contributed by atoms with van der Waals surface area (Å²) < 4.78 is 0. The number of thiazole rings is 1. The summed E-state index contributed by atoms with van der Waals surface area (Å²) in [7, 11) is 0. The van der Waals surface area contributed by atoms with E-state index < -0.39 is 0 Å². The van der Waals surface area contributed by atoms with E-state index in [2.05, 4.69) is 15.5 Å². The van der Waals surface area contributed by atoms with Gasteiger partial charge in [-0.25, -0.2) is 4.98 Å². The zero-order valence-electron chi connectivity index (χ0n) is 10.6. The normalized spacial score (nSPS) is 11.6. The number of aromatic hydroxyl groups is 1. The molecular weight excluding hydrogens is 246 g/mol. The topological polar surface area (TPSA) is 57.5 Å². The molecule has 0 unspecified atom stereocenters. The van der Waals surface area contributed by atoms with Crippen LogP contribution >= 0.6 is 11.3 Å². The zero-order valence-corrected chi connectivity index (χ0v) is 11.4. The zero-order chi connectivity index (χ0) is 13.1. The maximum absolute atomic E-state index is 9.22. The van der Waals surface area contributed by atoms with Crippen molar-refractivity contribution in [1.82, 2.24) is 4.98 Å². The fourth-order valence-corrected chi connectivity index (χ4v) is 2.18. The Kier molecular flexibility index (Phi) is 3.62. The summed E-state index contributed by atoms with van der Waals surface area (Å²) in [4.78, 5) is 5.54. The van der Waals surface area contributed by atoms with Gasteiger partial charge in [-0.3, -0.25) is 5.43 Å². The van der Waals surface area contributed by atoms with Crippen molar-refractivity contribution < 1.29 is 5.11 Å². The van der Waals surface area contributed by atoms with Crippen LogP contribution in [-0.2, 0) is 0 Å². The van der Waals surface area contributed by atoms with Crippen LogP contribution in [0.25, 0.3) is 0 Å². The van der Waals surface area contributed by atoms with Crippen molar-refractivity contribution in [2.45, 2.75) is 20.8 Å². The van der Waals surface area contributed by atoms with Crippen LogP contribution in [0, 0.1) is 13.8 Å². The molecule has 2 aromatic rings. The summed E-state index contributed by atoms with van der Waals surface area (Å²) in [5.41, 5.74) is 5.79. The molecule has 94 valence electrons. The molecule has 4 nitrogen and oxygen atoms in total. The Balaban J connectivity index is 2.11. The number of phenolic OH excluding ortho intramolecular Hbond substituents is 1. The molecule has 0 spiro atoms. The second-order valence-corrected chi connectivity index (χ2v) is 5.22. The highest BCUT2D eigenvalue weighted by molar-refractivity contribution is 7.15. The van der Waals surface area contributed by atoms with Crippen LogP contribution in [0.4, 0.5) is 5.13 Å². The van der Waals surface area contributed by atoms with E-state index in [1.807, 2.05) is 32.9 Å². The van der Waals surface area contributed by atoms with Crippen molar-refractivity contribution in [2.24, 2.45) is 5.10 Å². The Hall–Kier alpha value is -1.88. The lowest BCUT2D eigenvalue weighted by molar-refractivity contribution is 0.475. The number of hydrogen-bond donors (Lipinski definition) is 2. The van der Waals surface area contributed by atoms with Gasteiger partial charge in [-0.05, 0) is 50.6 Å². The van der Waals surface area contributed by atoms with Crippen LogP contribution < -0.4 is 5.43 Å². The third kappa shape index (κ3) is 2.87. The Morgan fingerprint density at radius 3 is 2.50 bits per heavy atom. The standard InChI is InChI=1S/C13H15N3OS/c1-8-10(3)18-13(14-8)16-15-9(2)11-4-6-12(17)7-5-11/h4-7,17H,1-3H3,(H,14,16). The van der Waals surface area contributed by atoms with E-state index in [0.29, 0.717) is 0 Å². The average molecular weight is 261 g/mol. The molecule has 5 heteroatoms. The monoisotopic (exact) mass is 261 g/mol. The van der Waals surface area contributed by atoms with Gasteiger partial charge in [-0.15, -0.1) is 11.3 Å². The number of benzene rings is 1. The van der Waals surface area contributed by atoms with Gasteiger partial charge in [0.05, 0.1) is 11.4 Å². The molecule has 2 rings (SSSR count). The highest BCUT2D eigenvalue weighted by atomic mass is 32.1. The molecule has 1 heterocycles. The fraction of sp³-hybridized carbons (Fsp3) is 0.231. The molecular formula is C13H15N3OS. The van der Waals surface area contributed by atoms with Crippen molar-refractivity contribution >= 4 is 22.2 Å². The first-order valence-electron chi connectivity index (χ1n) is 5.60. The van der Waals surface area contributed by atoms with E-state index in [4.69, 9.17) is 0 Å². The van der Waals surface area contributed by atoms with Crippen molar-refractivity contribution in [3.05, 3.63) is 40.4 Å². The van der Waals surface area contributed by atoms with Gasteiger partial charge >= 0.3 is 0 Å². The van der Waals surface area contributed by atoms with Gasteiger partial charge in [0, 0.05) is 4.88 Å². The maximum Gasteiger partial charge on any atom is 0.203 e. The molecule has 1 aromatic carbocycles. The molecule has 0 aliphatic rings. The SMILES string of the molecule is CC(=NNc1nc(C)c(C)s1)c1ccc(O)cc1. The van der Waals surface area contributed by atoms with Crippen LogP contribution in [0.2, 0.25) is 0 Å². The molecule has 0 radical (unpaired) electrons. The molecule has 0 atom stereocenters. The van der Waals surface area contributed by atoms with E-state index in [1.165, 1.54) is 4.88 Å². The fourth-order valence-electron chi connectivity index (χ4n) is 1.42. The van der Waals surface area contributed by atoms with E-state index in [0.717, 1.165) is 22.1 Å². The lowest BCUT2D eigenvalue weighted by Crippen LogP contribution is -1.99. The quantitative estimate of drug-likeness (QED) is 0.658. The molecule has 0 fully saturated rings. The van der Waals surface area contributed by atoms with Crippen molar-refractivity contribution in [1.29, 1.82) is 0 Å². The van der Waals surface area contributed by atoms with Crippen molar-refractivity contribution in [3.63, 3.8) is 0 Å². The number of nitrogens with one attached hydrogen (secondary N) is 1. The van der Waals surface area contributed by atoms with Crippen molar-refractivity contribution in [3.8, 4) is 5.75 Å². The van der Waals surface area contributed by atoms with E-state index >= 15 is 0 Å². The second kappa shape index (κ2) is 5.18. The van der Waals surface area contributed by atoms with Gasteiger partial charge in [0.1, 0.15) is 5.75 Å². The number of hydrogen-bond acceptors (Lipinski definition) is 5. The largest absolute Gasteiger partial charge is 0.508 e. The average Bonchev–Trinajstić information content (AvgIpc) is 2.67. The van der Waals surface area contributed by atoms with Gasteiger partial charge < -0.3 is 5.11 Å². The maximum atomic E-state index is 9.22. The molecule has 0 aliphatic carbocycles. The Morgan fingerprint density at radius 1 is 1.28 bits per heavy atom. The number of hydrazone groups is 1. The molecule has 0 saturated carbocycles. The highest BCUT2D eigenvalue weighted by Crippen LogP contribution is 2.21. The number of anilines is 1. The number of nitrogens with zero attached hydrogens (tertiary/aromatic N) is 2. The van der Waals surface area contributed by atoms with Gasteiger partial charge in [0.25, 0.3) is 0 Å². The lowest BCUT2D eigenvalue weighted by atomic mass is 10.1. The first-order valence-corrected chi connectivity index (χ1v) is 6.41. The molecule has 0 bridgehead atoms. The number of phenols is 1. The van der Waals surface area contributed by atoms with Gasteiger partial charge in [0.15, 0.2) is 0 Å². The third-order valence-electron chi connectivity index (χ3n) is 2.63. The van der Waals surface area contributed by atoms with Gasteiger partial charge in [-0.2, -0.15) is 5.10 Å².